The predicted octanol–water partition coefficient (Wildman–Crippen LogP) is 2.00. The first kappa shape index (κ1) is 15.7. The van der Waals surface area contributed by atoms with Crippen molar-refractivity contribution in [3.63, 3.8) is 0 Å². The number of nitrogens with zero attached hydrogens (tertiary/aromatic N) is 2. The van der Waals surface area contributed by atoms with Gasteiger partial charge in [-0.2, -0.15) is 0 Å². The molecule has 0 radical (unpaired) electrons. The van der Waals surface area contributed by atoms with Crippen LogP contribution in [0.25, 0.3) is 0 Å². The maximum absolute atomic E-state index is 12.6. The standard InChI is InChI=1S/C15H17N3O4S/c19-14(16-13-5-7-22-17-13)10-18(9-11-3-1-6-21-11)15(20)12-4-2-8-23-12/h2,4-5,7-8,11H,1,3,6,9-10H2,(H,16,17,19). The van der Waals surface area contributed by atoms with Gasteiger partial charge in [-0.15, -0.1) is 11.3 Å². The van der Waals surface area contributed by atoms with Crippen LogP contribution in [0.2, 0.25) is 0 Å². The monoisotopic (exact) mass is 335 g/mol. The lowest BCUT2D eigenvalue weighted by Gasteiger charge is -2.24. The van der Waals surface area contributed by atoms with Gasteiger partial charge in [-0.1, -0.05) is 11.2 Å². The summed E-state index contributed by atoms with van der Waals surface area (Å²) in [5, 5.41) is 8.07. The molecule has 2 aromatic rings. The van der Waals surface area contributed by atoms with Gasteiger partial charge in [0, 0.05) is 19.2 Å². The summed E-state index contributed by atoms with van der Waals surface area (Å²) in [6.07, 6.45) is 3.24. The molecule has 1 aliphatic heterocycles. The van der Waals surface area contributed by atoms with Gasteiger partial charge >= 0.3 is 0 Å². The average Bonchev–Trinajstić information content (AvgIpc) is 3.29. The van der Waals surface area contributed by atoms with E-state index in [4.69, 9.17) is 4.74 Å². The molecule has 0 saturated carbocycles. The van der Waals surface area contributed by atoms with Crippen molar-refractivity contribution in [1.29, 1.82) is 0 Å². The van der Waals surface area contributed by atoms with Crippen LogP contribution in [0.4, 0.5) is 5.82 Å². The molecule has 23 heavy (non-hydrogen) atoms. The highest BCUT2D eigenvalue weighted by molar-refractivity contribution is 7.12. The Kier molecular flexibility index (Phi) is 5.04. The molecule has 0 aliphatic carbocycles. The molecule has 0 bridgehead atoms. The van der Waals surface area contributed by atoms with E-state index in [0.29, 0.717) is 23.8 Å². The van der Waals surface area contributed by atoms with Crippen LogP contribution in [0.3, 0.4) is 0 Å². The van der Waals surface area contributed by atoms with Crippen molar-refractivity contribution in [3.05, 3.63) is 34.7 Å². The molecule has 8 heteroatoms. The van der Waals surface area contributed by atoms with Crippen LogP contribution in [-0.2, 0) is 9.53 Å². The topological polar surface area (TPSA) is 84.7 Å². The minimum atomic E-state index is -0.318. The molecule has 3 rings (SSSR count). The maximum Gasteiger partial charge on any atom is 0.264 e. The van der Waals surface area contributed by atoms with Crippen LogP contribution in [0.15, 0.2) is 34.4 Å². The van der Waals surface area contributed by atoms with Crippen LogP contribution in [-0.4, -0.2) is 47.7 Å². The molecule has 0 spiro atoms. The quantitative estimate of drug-likeness (QED) is 0.873. The van der Waals surface area contributed by atoms with Gasteiger partial charge in [0.2, 0.25) is 5.91 Å². The van der Waals surface area contributed by atoms with Crippen LogP contribution < -0.4 is 5.32 Å². The molecule has 1 N–H and O–H groups in total. The summed E-state index contributed by atoms with van der Waals surface area (Å²) in [6, 6.07) is 5.12. The van der Waals surface area contributed by atoms with Crippen molar-refractivity contribution in [1.82, 2.24) is 10.1 Å². The average molecular weight is 335 g/mol. The lowest BCUT2D eigenvalue weighted by Crippen LogP contribution is -2.42. The Morgan fingerprint density at radius 2 is 2.35 bits per heavy atom. The Hall–Kier alpha value is -2.19. The fraction of sp³-hybridized carbons (Fsp3) is 0.400. The number of hydrogen-bond donors (Lipinski definition) is 1. The summed E-state index contributed by atoms with van der Waals surface area (Å²) in [7, 11) is 0. The fourth-order valence-corrected chi connectivity index (χ4v) is 3.13. The number of ether oxygens (including phenoxy) is 1. The van der Waals surface area contributed by atoms with Crippen LogP contribution in [0.1, 0.15) is 22.5 Å². The van der Waals surface area contributed by atoms with E-state index in [0.717, 1.165) is 12.8 Å². The highest BCUT2D eigenvalue weighted by Gasteiger charge is 2.25. The number of amides is 2. The maximum atomic E-state index is 12.6. The molecule has 2 aromatic heterocycles. The summed E-state index contributed by atoms with van der Waals surface area (Å²) in [4.78, 5) is 26.9. The van der Waals surface area contributed by atoms with E-state index in [1.54, 1.807) is 12.1 Å². The first-order valence-corrected chi connectivity index (χ1v) is 8.25. The van der Waals surface area contributed by atoms with Gasteiger partial charge in [0.25, 0.3) is 5.91 Å². The molecule has 2 amide bonds. The predicted molar refractivity (Wildman–Crippen MR) is 84.3 cm³/mol. The van der Waals surface area contributed by atoms with E-state index < -0.39 is 0 Å². The normalized spacial score (nSPS) is 17.1. The minimum absolute atomic E-state index is 0.0150. The first-order chi connectivity index (χ1) is 11.2. The van der Waals surface area contributed by atoms with Gasteiger partial charge in [0.1, 0.15) is 12.8 Å². The molecule has 1 aliphatic rings. The fourth-order valence-electron chi connectivity index (χ4n) is 2.44. The van der Waals surface area contributed by atoms with Crippen LogP contribution in [0.5, 0.6) is 0 Å². The van der Waals surface area contributed by atoms with E-state index in [1.165, 1.54) is 22.5 Å². The second-order valence-corrected chi connectivity index (χ2v) is 6.18. The summed E-state index contributed by atoms with van der Waals surface area (Å²) in [5.41, 5.74) is 0. The van der Waals surface area contributed by atoms with Gasteiger partial charge in [0.15, 0.2) is 5.82 Å². The highest BCUT2D eigenvalue weighted by atomic mass is 32.1. The van der Waals surface area contributed by atoms with E-state index in [2.05, 4.69) is 15.0 Å². The number of anilines is 1. The summed E-state index contributed by atoms with van der Waals surface area (Å²) >= 11 is 1.36. The van der Waals surface area contributed by atoms with Gasteiger partial charge in [-0.05, 0) is 24.3 Å². The second-order valence-electron chi connectivity index (χ2n) is 5.23. The zero-order valence-corrected chi connectivity index (χ0v) is 13.3. The summed E-state index contributed by atoms with van der Waals surface area (Å²) in [5.74, 6) is -0.150. The smallest absolute Gasteiger partial charge is 0.264 e. The van der Waals surface area contributed by atoms with Gasteiger partial charge < -0.3 is 19.5 Å². The number of hydrogen-bond acceptors (Lipinski definition) is 6. The summed E-state index contributed by atoms with van der Waals surface area (Å²) < 4.78 is 10.3. The molecular formula is C15H17N3O4S. The largest absolute Gasteiger partial charge is 0.376 e. The number of nitrogens with one attached hydrogen (secondary N) is 1. The number of carbonyl (C=O) groups is 2. The lowest BCUT2D eigenvalue weighted by molar-refractivity contribution is -0.117. The van der Waals surface area contributed by atoms with E-state index in [9.17, 15) is 9.59 Å². The second kappa shape index (κ2) is 7.38. The van der Waals surface area contributed by atoms with Crippen molar-refractivity contribution < 1.29 is 18.8 Å². The molecule has 1 fully saturated rings. The Morgan fingerprint density at radius 1 is 1.43 bits per heavy atom. The Bertz CT molecular complexity index is 636. The van der Waals surface area contributed by atoms with Crippen molar-refractivity contribution in [2.24, 2.45) is 0 Å². The first-order valence-electron chi connectivity index (χ1n) is 7.37. The molecule has 1 unspecified atom stereocenters. The number of aromatic nitrogens is 1. The zero-order valence-electron chi connectivity index (χ0n) is 12.4. The highest BCUT2D eigenvalue weighted by Crippen LogP contribution is 2.17. The Labute approximate surface area is 137 Å². The number of carbonyl (C=O) groups excluding carboxylic acids is 2. The number of thiophene rings is 1. The van der Waals surface area contributed by atoms with Crippen molar-refractivity contribution in [2.45, 2.75) is 18.9 Å². The molecule has 1 saturated heterocycles. The Morgan fingerprint density at radius 3 is 3.00 bits per heavy atom. The molecule has 7 nitrogen and oxygen atoms in total. The molecule has 0 aromatic carbocycles. The van der Waals surface area contributed by atoms with Crippen molar-refractivity contribution >= 4 is 29.0 Å². The van der Waals surface area contributed by atoms with E-state index in [1.807, 2.05) is 11.4 Å². The zero-order chi connectivity index (χ0) is 16.1. The van der Waals surface area contributed by atoms with Gasteiger partial charge in [0.05, 0.1) is 11.0 Å². The van der Waals surface area contributed by atoms with E-state index in [-0.39, 0.29) is 24.5 Å². The third kappa shape index (κ3) is 4.17. The third-order valence-electron chi connectivity index (χ3n) is 3.51. The van der Waals surface area contributed by atoms with Crippen LogP contribution in [0, 0.1) is 0 Å². The third-order valence-corrected chi connectivity index (χ3v) is 4.36. The van der Waals surface area contributed by atoms with E-state index >= 15 is 0 Å². The Balaban J connectivity index is 1.66. The lowest BCUT2D eigenvalue weighted by atomic mass is 10.2. The van der Waals surface area contributed by atoms with Crippen LogP contribution >= 0.6 is 11.3 Å². The van der Waals surface area contributed by atoms with Gasteiger partial charge in [-0.3, -0.25) is 9.59 Å². The molecule has 1 atom stereocenters. The van der Waals surface area contributed by atoms with Crippen molar-refractivity contribution in [2.75, 3.05) is 25.0 Å². The summed E-state index contributed by atoms with van der Waals surface area (Å²) in [6.45, 7) is 1.06. The molecular weight excluding hydrogens is 318 g/mol. The number of rotatable bonds is 6. The molecule has 3 heterocycles. The minimum Gasteiger partial charge on any atom is -0.376 e. The SMILES string of the molecule is O=C(CN(CC1CCCO1)C(=O)c1cccs1)Nc1ccon1. The van der Waals surface area contributed by atoms with Gasteiger partial charge in [-0.25, -0.2) is 0 Å². The molecule has 122 valence electrons. The van der Waals surface area contributed by atoms with Crippen molar-refractivity contribution in [3.8, 4) is 0 Å².